The van der Waals surface area contributed by atoms with Gasteiger partial charge in [-0.25, -0.2) is 13.1 Å². The fraction of sp³-hybridized carbons (Fsp3) is 0.333. The second-order valence-electron chi connectivity index (χ2n) is 4.03. The van der Waals surface area contributed by atoms with Gasteiger partial charge >= 0.3 is 0 Å². The van der Waals surface area contributed by atoms with Crippen LogP contribution in [0.2, 0.25) is 0 Å². The predicted molar refractivity (Wildman–Crippen MR) is 75.0 cm³/mol. The van der Waals surface area contributed by atoms with Gasteiger partial charge in [-0.3, -0.25) is 0 Å². The number of nitrogens with two attached hydrogens (primary N) is 1. The smallest absolute Gasteiger partial charge is 0.240 e. The van der Waals surface area contributed by atoms with Crippen molar-refractivity contribution in [3.8, 4) is 0 Å². The van der Waals surface area contributed by atoms with Crippen LogP contribution in [0.25, 0.3) is 0 Å². The van der Waals surface area contributed by atoms with Crippen molar-refractivity contribution >= 4 is 21.4 Å². The highest BCUT2D eigenvalue weighted by atomic mass is 32.2. The second kappa shape index (κ2) is 5.88. The number of sulfonamides is 1. The molecule has 0 aromatic heterocycles. The molecule has 6 heteroatoms. The molecule has 0 aliphatic rings. The Labute approximate surface area is 108 Å². The van der Waals surface area contributed by atoms with E-state index in [0.717, 1.165) is 6.42 Å². The van der Waals surface area contributed by atoms with Crippen LogP contribution in [0, 0.1) is 0 Å². The van der Waals surface area contributed by atoms with Crippen LogP contribution in [-0.4, -0.2) is 21.5 Å². The first-order valence-electron chi connectivity index (χ1n) is 5.61. The van der Waals surface area contributed by atoms with Gasteiger partial charge in [0.25, 0.3) is 0 Å². The van der Waals surface area contributed by atoms with E-state index in [4.69, 9.17) is 5.73 Å². The molecule has 1 aromatic carbocycles. The Hall–Kier alpha value is -1.53. The van der Waals surface area contributed by atoms with Gasteiger partial charge in [0.15, 0.2) is 0 Å². The maximum absolute atomic E-state index is 11.7. The number of anilines is 2. The highest BCUT2D eigenvalue weighted by Gasteiger charge is 2.13. The van der Waals surface area contributed by atoms with Crippen LogP contribution in [-0.2, 0) is 10.0 Å². The molecule has 18 heavy (non-hydrogen) atoms. The molecule has 0 saturated carbocycles. The Balaban J connectivity index is 3.06. The lowest BCUT2D eigenvalue weighted by Gasteiger charge is -2.16. The molecule has 1 rings (SSSR count). The topological polar surface area (TPSA) is 84.2 Å². The van der Waals surface area contributed by atoms with Gasteiger partial charge in [0, 0.05) is 6.04 Å². The molecule has 100 valence electrons. The van der Waals surface area contributed by atoms with Crippen LogP contribution < -0.4 is 15.8 Å². The summed E-state index contributed by atoms with van der Waals surface area (Å²) in [7, 11) is -2.08. The third kappa shape index (κ3) is 3.48. The summed E-state index contributed by atoms with van der Waals surface area (Å²) in [5.41, 5.74) is 6.94. The normalized spacial score (nSPS) is 13.0. The van der Waals surface area contributed by atoms with Crippen LogP contribution in [0.1, 0.15) is 13.3 Å². The standard InChI is InChI=1S/C12H19N3O2S/c1-4-5-9(2)15-12-8-10(6-7-11(12)13)18(16,17)14-3/h4,6-9,14-15H,1,5,13H2,2-3H3. The molecule has 0 spiro atoms. The van der Waals surface area contributed by atoms with Crippen LogP contribution in [0.4, 0.5) is 11.4 Å². The fourth-order valence-corrected chi connectivity index (χ4v) is 2.28. The molecule has 1 aromatic rings. The van der Waals surface area contributed by atoms with Crippen molar-refractivity contribution in [2.24, 2.45) is 0 Å². The highest BCUT2D eigenvalue weighted by molar-refractivity contribution is 7.89. The molecule has 0 radical (unpaired) electrons. The average molecular weight is 269 g/mol. The minimum Gasteiger partial charge on any atom is -0.397 e. The van der Waals surface area contributed by atoms with E-state index in [0.29, 0.717) is 11.4 Å². The summed E-state index contributed by atoms with van der Waals surface area (Å²) in [6, 6.07) is 4.72. The number of nitrogen functional groups attached to an aromatic ring is 1. The Morgan fingerprint density at radius 1 is 1.50 bits per heavy atom. The molecular formula is C12H19N3O2S. The highest BCUT2D eigenvalue weighted by Crippen LogP contribution is 2.23. The zero-order chi connectivity index (χ0) is 13.8. The monoisotopic (exact) mass is 269 g/mol. The summed E-state index contributed by atoms with van der Waals surface area (Å²) in [4.78, 5) is 0.188. The van der Waals surface area contributed by atoms with E-state index in [-0.39, 0.29) is 10.9 Å². The fourth-order valence-electron chi connectivity index (χ4n) is 1.52. The van der Waals surface area contributed by atoms with Gasteiger partial charge in [0.1, 0.15) is 0 Å². The minimum absolute atomic E-state index is 0.136. The first kappa shape index (κ1) is 14.5. The third-order valence-corrected chi connectivity index (χ3v) is 3.94. The lowest BCUT2D eigenvalue weighted by Crippen LogP contribution is -2.20. The van der Waals surface area contributed by atoms with Gasteiger partial charge in [-0.15, -0.1) is 6.58 Å². The second-order valence-corrected chi connectivity index (χ2v) is 5.91. The molecular weight excluding hydrogens is 250 g/mol. The number of nitrogens with one attached hydrogen (secondary N) is 2. The first-order chi connectivity index (χ1) is 8.40. The Bertz CT molecular complexity index is 526. The third-order valence-electron chi connectivity index (χ3n) is 2.53. The number of hydrogen-bond donors (Lipinski definition) is 3. The molecule has 0 amide bonds. The molecule has 1 unspecified atom stereocenters. The van der Waals surface area contributed by atoms with Gasteiger partial charge in [-0.1, -0.05) is 6.08 Å². The lowest BCUT2D eigenvalue weighted by molar-refractivity contribution is 0.588. The summed E-state index contributed by atoms with van der Waals surface area (Å²) in [6.07, 6.45) is 2.56. The van der Waals surface area contributed by atoms with E-state index in [9.17, 15) is 8.42 Å². The zero-order valence-electron chi connectivity index (χ0n) is 10.6. The quantitative estimate of drug-likeness (QED) is 0.540. The summed E-state index contributed by atoms with van der Waals surface area (Å²) in [5.74, 6) is 0. The average Bonchev–Trinajstić information content (AvgIpc) is 2.32. The van der Waals surface area contributed by atoms with Gasteiger partial charge < -0.3 is 11.1 Å². The molecule has 0 bridgehead atoms. The van der Waals surface area contributed by atoms with Crippen LogP contribution in [0.5, 0.6) is 0 Å². The molecule has 4 N–H and O–H groups in total. The summed E-state index contributed by atoms with van der Waals surface area (Å²) in [6.45, 7) is 5.63. The molecule has 0 aliphatic carbocycles. The zero-order valence-corrected chi connectivity index (χ0v) is 11.4. The van der Waals surface area contributed by atoms with Gasteiger partial charge in [-0.2, -0.15) is 0 Å². The SMILES string of the molecule is C=CCC(C)Nc1cc(S(=O)(=O)NC)ccc1N. The van der Waals surface area contributed by atoms with Crippen molar-refractivity contribution in [2.45, 2.75) is 24.3 Å². The van der Waals surface area contributed by atoms with E-state index in [1.165, 1.54) is 19.2 Å². The summed E-state index contributed by atoms with van der Waals surface area (Å²) < 4.78 is 25.6. The Morgan fingerprint density at radius 2 is 2.17 bits per heavy atom. The Morgan fingerprint density at radius 3 is 2.72 bits per heavy atom. The van der Waals surface area contributed by atoms with E-state index in [1.807, 2.05) is 6.92 Å². The maximum Gasteiger partial charge on any atom is 0.240 e. The Kier molecular flexibility index (Phi) is 4.75. The molecule has 0 saturated heterocycles. The summed E-state index contributed by atoms with van der Waals surface area (Å²) >= 11 is 0. The van der Waals surface area contributed by atoms with Crippen LogP contribution >= 0.6 is 0 Å². The van der Waals surface area contributed by atoms with E-state index < -0.39 is 10.0 Å². The molecule has 5 nitrogen and oxygen atoms in total. The van der Waals surface area contributed by atoms with Gasteiger partial charge in [0.05, 0.1) is 16.3 Å². The largest absolute Gasteiger partial charge is 0.397 e. The van der Waals surface area contributed by atoms with Crippen molar-refractivity contribution in [3.05, 3.63) is 30.9 Å². The lowest BCUT2D eigenvalue weighted by atomic mass is 10.2. The van der Waals surface area contributed by atoms with E-state index >= 15 is 0 Å². The van der Waals surface area contributed by atoms with Crippen molar-refractivity contribution in [3.63, 3.8) is 0 Å². The van der Waals surface area contributed by atoms with Crippen LogP contribution in [0.3, 0.4) is 0 Å². The number of hydrogen-bond acceptors (Lipinski definition) is 4. The summed E-state index contributed by atoms with van der Waals surface area (Å²) in [5, 5.41) is 3.16. The number of benzene rings is 1. The van der Waals surface area contributed by atoms with Crippen molar-refractivity contribution in [1.29, 1.82) is 0 Å². The molecule has 0 aliphatic heterocycles. The van der Waals surface area contributed by atoms with Gasteiger partial charge in [0.2, 0.25) is 10.0 Å². The van der Waals surface area contributed by atoms with Crippen LogP contribution in [0.15, 0.2) is 35.7 Å². The van der Waals surface area contributed by atoms with Gasteiger partial charge in [-0.05, 0) is 38.6 Å². The van der Waals surface area contributed by atoms with E-state index in [1.54, 1.807) is 12.1 Å². The molecule has 0 fully saturated rings. The van der Waals surface area contributed by atoms with Crippen molar-refractivity contribution in [1.82, 2.24) is 4.72 Å². The van der Waals surface area contributed by atoms with Crippen molar-refractivity contribution < 1.29 is 8.42 Å². The van der Waals surface area contributed by atoms with Crippen molar-refractivity contribution in [2.75, 3.05) is 18.1 Å². The predicted octanol–water partition coefficient (Wildman–Crippen LogP) is 1.55. The first-order valence-corrected chi connectivity index (χ1v) is 7.09. The maximum atomic E-state index is 11.7. The molecule has 1 atom stereocenters. The molecule has 0 heterocycles. The van der Waals surface area contributed by atoms with E-state index in [2.05, 4.69) is 16.6 Å². The number of rotatable bonds is 6. The minimum atomic E-state index is -3.45.